The highest BCUT2D eigenvalue weighted by Crippen LogP contribution is 2.51. The topological polar surface area (TPSA) is 38.7 Å². The Morgan fingerprint density at radius 2 is 0.915 bits per heavy atom. The summed E-state index contributed by atoms with van der Waals surface area (Å²) >= 11 is 0. The highest BCUT2D eigenvalue weighted by molar-refractivity contribution is 6.05. The number of hydrogen-bond donors (Lipinski definition) is 0. The molecule has 0 unspecified atom stereocenters. The van der Waals surface area contributed by atoms with Gasteiger partial charge in [-0.15, -0.1) is 0 Å². The first-order chi connectivity index (χ1) is 29.0. The van der Waals surface area contributed by atoms with Gasteiger partial charge in [-0.1, -0.05) is 153 Å². The van der Waals surface area contributed by atoms with E-state index in [9.17, 15) is 0 Å². The van der Waals surface area contributed by atoms with Crippen molar-refractivity contribution in [1.29, 1.82) is 0 Å². The molecule has 0 saturated heterocycles. The molecule has 2 aromatic heterocycles. The van der Waals surface area contributed by atoms with Crippen LogP contribution in [0.5, 0.6) is 0 Å². The quantitative estimate of drug-likeness (QED) is 0.170. The van der Waals surface area contributed by atoms with E-state index in [1.165, 1.54) is 55.3 Å². The second-order valence-electron chi connectivity index (χ2n) is 16.1. The van der Waals surface area contributed by atoms with E-state index in [0.29, 0.717) is 5.82 Å². The molecule has 0 radical (unpaired) electrons. The third-order valence-corrected chi connectivity index (χ3v) is 12.2. The molecule has 0 atom stereocenters. The molecular weight excluding hydrogens is 715 g/mol. The molecule has 1 aliphatic carbocycles. The Balaban J connectivity index is 1.00. The van der Waals surface area contributed by atoms with E-state index in [0.717, 1.165) is 50.0 Å². The maximum absolute atomic E-state index is 5.28. The summed E-state index contributed by atoms with van der Waals surface area (Å²) in [6.45, 7) is 4.73. The number of hydrogen-bond acceptors (Lipinski definition) is 3. The minimum absolute atomic E-state index is 0.101. The number of benzene rings is 8. The van der Waals surface area contributed by atoms with E-state index < -0.39 is 0 Å². The summed E-state index contributed by atoms with van der Waals surface area (Å²) in [5.41, 5.74) is 17.1. The van der Waals surface area contributed by atoms with Gasteiger partial charge in [0.25, 0.3) is 0 Å². The molecule has 0 bridgehead atoms. The summed E-state index contributed by atoms with van der Waals surface area (Å²) in [6.07, 6.45) is 3.70. The van der Waals surface area contributed by atoms with Gasteiger partial charge in [-0.25, -0.2) is 9.97 Å². The molecule has 0 aliphatic heterocycles. The third kappa shape index (κ3) is 6.02. The second-order valence-corrected chi connectivity index (χ2v) is 16.1. The molecule has 11 rings (SSSR count). The van der Waals surface area contributed by atoms with E-state index in [1.54, 1.807) is 6.20 Å². The highest BCUT2D eigenvalue weighted by Gasteiger charge is 2.36. The molecule has 10 aromatic rings. The molecule has 0 N–H and O–H groups in total. The summed E-state index contributed by atoms with van der Waals surface area (Å²) in [7, 11) is 0. The van der Waals surface area contributed by atoms with Crippen LogP contribution in [0.1, 0.15) is 25.0 Å². The first-order valence-electron chi connectivity index (χ1n) is 20.2. The predicted octanol–water partition coefficient (Wildman–Crippen LogP) is 14.5. The normalized spacial score (nSPS) is 12.7. The largest absolute Gasteiger partial charge is 0.264 e. The van der Waals surface area contributed by atoms with Crippen molar-refractivity contribution in [3.05, 3.63) is 212 Å². The smallest absolute Gasteiger partial charge is 0.161 e. The monoisotopic (exact) mass is 753 g/mol. The Morgan fingerprint density at radius 1 is 0.356 bits per heavy atom. The zero-order valence-corrected chi connectivity index (χ0v) is 32.9. The van der Waals surface area contributed by atoms with Crippen molar-refractivity contribution in [2.45, 2.75) is 19.3 Å². The highest BCUT2D eigenvalue weighted by atomic mass is 14.9. The molecule has 3 heteroatoms. The molecule has 0 saturated carbocycles. The minimum atomic E-state index is -0.101. The van der Waals surface area contributed by atoms with Crippen LogP contribution in [0.3, 0.4) is 0 Å². The maximum atomic E-state index is 5.28. The molecule has 278 valence electrons. The molecule has 0 fully saturated rings. The zero-order chi connectivity index (χ0) is 39.5. The van der Waals surface area contributed by atoms with Crippen LogP contribution < -0.4 is 0 Å². The van der Waals surface area contributed by atoms with Gasteiger partial charge >= 0.3 is 0 Å². The molecular formula is C56H39N3. The van der Waals surface area contributed by atoms with Crippen LogP contribution in [-0.2, 0) is 5.41 Å². The van der Waals surface area contributed by atoms with Crippen LogP contribution in [-0.4, -0.2) is 15.0 Å². The average Bonchev–Trinajstić information content (AvgIpc) is 3.52. The average molecular weight is 754 g/mol. The Kier molecular flexibility index (Phi) is 8.16. The van der Waals surface area contributed by atoms with Gasteiger partial charge in [-0.05, 0) is 120 Å². The SMILES string of the molecule is CC1(C)c2cc(-c3cccc(-c4ccc(-c5nc(-c6ccccc6)cc(-c6cccc(-c7cccnc7)c6)n5)c5ccccc45)c3)ccc2-c2cc3ccccc3cc21. The van der Waals surface area contributed by atoms with E-state index in [1.807, 2.05) is 18.3 Å². The van der Waals surface area contributed by atoms with Gasteiger partial charge < -0.3 is 0 Å². The Morgan fingerprint density at radius 3 is 1.69 bits per heavy atom. The predicted molar refractivity (Wildman–Crippen MR) is 245 cm³/mol. The number of pyridine rings is 1. The lowest BCUT2D eigenvalue weighted by atomic mass is 9.81. The molecule has 1 aliphatic rings. The number of rotatable bonds is 6. The summed E-state index contributed by atoms with van der Waals surface area (Å²) in [5.74, 6) is 0.694. The van der Waals surface area contributed by atoms with E-state index in [-0.39, 0.29) is 5.41 Å². The van der Waals surface area contributed by atoms with Gasteiger partial charge in [0.05, 0.1) is 11.4 Å². The van der Waals surface area contributed by atoms with Crippen LogP contribution >= 0.6 is 0 Å². The lowest BCUT2D eigenvalue weighted by molar-refractivity contribution is 0.661. The first kappa shape index (κ1) is 34.7. The Hall–Kier alpha value is -7.49. The molecule has 3 nitrogen and oxygen atoms in total. The molecule has 0 amide bonds. The summed E-state index contributed by atoms with van der Waals surface area (Å²) in [4.78, 5) is 14.9. The lowest BCUT2D eigenvalue weighted by Gasteiger charge is -2.22. The maximum Gasteiger partial charge on any atom is 0.161 e. The second kappa shape index (κ2) is 13.9. The van der Waals surface area contributed by atoms with Crippen molar-refractivity contribution in [3.63, 3.8) is 0 Å². The van der Waals surface area contributed by atoms with E-state index >= 15 is 0 Å². The standard InChI is InChI=1S/C56H39N3/c1-56(2)51-33-41(24-25-48(51)50-31-39-15-6-7-16-40(39)32-52(50)56)37-17-10-19-42(29-37)45-26-27-49(47-23-9-8-22-46(45)47)55-58-53(36-13-4-3-5-14-36)34-54(59-55)43-20-11-18-38(30-43)44-21-12-28-57-35-44/h3-35H,1-2H3. The van der Waals surface area contributed by atoms with Gasteiger partial charge in [-0.3, -0.25) is 4.98 Å². The zero-order valence-electron chi connectivity index (χ0n) is 32.9. The van der Waals surface area contributed by atoms with Crippen LogP contribution in [0.2, 0.25) is 0 Å². The van der Waals surface area contributed by atoms with E-state index in [2.05, 4.69) is 195 Å². The molecule has 59 heavy (non-hydrogen) atoms. The first-order valence-corrected chi connectivity index (χ1v) is 20.2. The van der Waals surface area contributed by atoms with Gasteiger partial charge in [-0.2, -0.15) is 0 Å². The van der Waals surface area contributed by atoms with Crippen molar-refractivity contribution in [2.24, 2.45) is 0 Å². The van der Waals surface area contributed by atoms with E-state index in [4.69, 9.17) is 9.97 Å². The number of fused-ring (bicyclic) bond motifs is 5. The van der Waals surface area contributed by atoms with Crippen LogP contribution in [0.15, 0.2) is 200 Å². The number of aromatic nitrogens is 3. The summed E-state index contributed by atoms with van der Waals surface area (Å²) in [6, 6.07) is 67.6. The van der Waals surface area contributed by atoms with Gasteiger partial charge in [0.15, 0.2) is 5.82 Å². The van der Waals surface area contributed by atoms with Gasteiger partial charge in [0, 0.05) is 40.1 Å². The molecule has 8 aromatic carbocycles. The summed E-state index contributed by atoms with van der Waals surface area (Å²) in [5, 5.41) is 4.85. The van der Waals surface area contributed by atoms with Crippen molar-refractivity contribution in [3.8, 4) is 78.4 Å². The van der Waals surface area contributed by atoms with Crippen molar-refractivity contribution < 1.29 is 0 Å². The van der Waals surface area contributed by atoms with Crippen molar-refractivity contribution >= 4 is 21.5 Å². The van der Waals surface area contributed by atoms with Crippen LogP contribution in [0.4, 0.5) is 0 Å². The van der Waals surface area contributed by atoms with Crippen LogP contribution in [0.25, 0.3) is 100.0 Å². The van der Waals surface area contributed by atoms with Crippen molar-refractivity contribution in [2.75, 3.05) is 0 Å². The van der Waals surface area contributed by atoms with Crippen molar-refractivity contribution in [1.82, 2.24) is 15.0 Å². The summed E-state index contributed by atoms with van der Waals surface area (Å²) < 4.78 is 0. The van der Waals surface area contributed by atoms with Crippen LogP contribution in [0, 0.1) is 0 Å². The molecule has 2 heterocycles. The fraction of sp³-hybridized carbons (Fsp3) is 0.0536. The minimum Gasteiger partial charge on any atom is -0.264 e. The van der Waals surface area contributed by atoms with Gasteiger partial charge in [0.2, 0.25) is 0 Å². The Labute approximate surface area is 344 Å². The Bertz CT molecular complexity index is 3240. The fourth-order valence-electron chi connectivity index (χ4n) is 9.08. The van der Waals surface area contributed by atoms with Gasteiger partial charge in [0.1, 0.15) is 0 Å². The number of nitrogens with zero attached hydrogens (tertiary/aromatic N) is 3. The lowest BCUT2D eigenvalue weighted by Crippen LogP contribution is -2.15. The third-order valence-electron chi connectivity index (χ3n) is 12.2. The fourth-order valence-corrected chi connectivity index (χ4v) is 9.08. The molecule has 0 spiro atoms.